The summed E-state index contributed by atoms with van der Waals surface area (Å²) in [6.45, 7) is 10.1. The summed E-state index contributed by atoms with van der Waals surface area (Å²) in [7, 11) is 1.37. The monoisotopic (exact) mass is 1210 g/mol. The molecular formula is C59H83N15O11S. The Hall–Kier alpha value is -8.33. The molecule has 2 aromatic heterocycles. The first-order chi connectivity index (χ1) is 40.8. The van der Waals surface area contributed by atoms with Gasteiger partial charge in [-0.05, 0) is 67.7 Å². The normalized spacial score (nSPS) is 17.6. The SMILES string of the molecule is CC(C)C[C@H](NC(=O)[C@H](Cc1cnc[nH]1)N(C)C(=O)CNC(=O)[C@@H](NC(=O)[C@H](C)NC(=O)[C@H](Cc1c[nH]c2ccccc12)NC(=O)[C@H](CCC(N)=O)NC(=O)[C@@H](Cc1ccccc1)NC(=O)[C@@H]1CCCCN1)C(C)(C)C)C(=O)N1CSC[C@H]1C(N)=O. The quantitative estimate of drug-likeness (QED) is 0.0332. The Morgan fingerprint density at radius 3 is 2.06 bits per heavy atom. The van der Waals surface area contributed by atoms with E-state index in [9.17, 15) is 52.7 Å². The van der Waals surface area contributed by atoms with Gasteiger partial charge in [0.15, 0.2) is 0 Å². The maximum absolute atomic E-state index is 14.5. The van der Waals surface area contributed by atoms with Gasteiger partial charge in [-0.2, -0.15) is 0 Å². The molecule has 466 valence electrons. The zero-order valence-corrected chi connectivity index (χ0v) is 50.6. The van der Waals surface area contributed by atoms with Crippen molar-refractivity contribution >= 4 is 87.6 Å². The van der Waals surface area contributed by atoms with Gasteiger partial charge in [-0.1, -0.05) is 89.6 Å². The van der Waals surface area contributed by atoms with Crippen molar-refractivity contribution in [1.82, 2.24) is 67.3 Å². The molecule has 6 rings (SSSR count). The summed E-state index contributed by atoms with van der Waals surface area (Å²) >= 11 is 1.36. The predicted molar refractivity (Wildman–Crippen MR) is 321 cm³/mol. The predicted octanol–water partition coefficient (Wildman–Crippen LogP) is -0.323. The number of aromatic amines is 2. The summed E-state index contributed by atoms with van der Waals surface area (Å²) in [5.74, 6) is -7.27. The molecule has 86 heavy (non-hydrogen) atoms. The molecule has 26 nitrogen and oxygen atoms in total. The van der Waals surface area contributed by atoms with E-state index in [1.807, 2.05) is 38.1 Å². The molecule has 2 aliphatic rings. The van der Waals surface area contributed by atoms with Crippen molar-refractivity contribution in [3.05, 3.63) is 90.1 Å². The van der Waals surface area contributed by atoms with Gasteiger partial charge in [-0.25, -0.2) is 4.98 Å². The number of piperidine rings is 1. The van der Waals surface area contributed by atoms with E-state index < -0.39 is 131 Å². The number of fused-ring (bicyclic) bond motifs is 1. The highest BCUT2D eigenvalue weighted by Crippen LogP contribution is 2.25. The number of carbonyl (C=O) groups is 11. The van der Waals surface area contributed by atoms with Crippen LogP contribution in [0.1, 0.15) is 96.9 Å². The van der Waals surface area contributed by atoms with Crippen LogP contribution in [0.3, 0.4) is 0 Å². The van der Waals surface area contributed by atoms with Crippen molar-refractivity contribution in [1.29, 1.82) is 0 Å². The highest BCUT2D eigenvalue weighted by atomic mass is 32.2. The highest BCUT2D eigenvalue weighted by Gasteiger charge is 2.41. The maximum Gasteiger partial charge on any atom is 0.246 e. The number of hydrogen-bond acceptors (Lipinski definition) is 14. The van der Waals surface area contributed by atoms with Crippen molar-refractivity contribution in [2.45, 2.75) is 154 Å². The average molecular weight is 1210 g/mol. The topological polar surface area (TPSA) is 387 Å². The fourth-order valence-corrected chi connectivity index (χ4v) is 11.4. The molecule has 11 amide bonds. The van der Waals surface area contributed by atoms with E-state index in [2.05, 4.69) is 57.5 Å². The molecule has 0 aliphatic carbocycles. The molecule has 14 N–H and O–H groups in total. The lowest BCUT2D eigenvalue weighted by molar-refractivity contribution is -0.143. The third-order valence-electron chi connectivity index (χ3n) is 15.1. The standard InChI is InChI=1S/C59H83N15O11S/c1-33(2)23-44(58(85)74-32-86-30-46(74)50(61)77)71-56(83)45(26-37-28-62-31-66-37)73(7)48(76)29-65-57(84)49(59(4,5)6)72-51(78)34(3)67-54(81)43(25-36-27-64-39-18-12-11-17-38(36)39)70-53(80)41(20-21-47(60)75)68-55(82)42(24-35-15-9-8-10-16-35)69-52(79)40-19-13-14-22-63-40/h8-12,15-18,27-28,31,33-34,40-46,49,63-64H,13-14,19-26,29-30,32H2,1-7H3,(H2,60,75)(H2,61,77)(H,62,66)(H,65,84)(H,67,81)(H,68,82)(H,69,79)(H,70,80)(H,71,83)(H,72,78)/t34-,40-,41-,42+,43-,44-,45-,46-,49+/m0/s1. The van der Waals surface area contributed by atoms with E-state index >= 15 is 0 Å². The van der Waals surface area contributed by atoms with E-state index in [-0.39, 0.29) is 50.3 Å². The summed E-state index contributed by atoms with van der Waals surface area (Å²) in [6, 6.07) is 5.89. The number of rotatable bonds is 29. The van der Waals surface area contributed by atoms with Crippen molar-refractivity contribution in [3.63, 3.8) is 0 Å². The number of H-pyrrole nitrogens is 2. The van der Waals surface area contributed by atoms with Gasteiger partial charge in [0, 0.05) is 67.5 Å². The number of likely N-dealkylation sites (N-methyl/N-ethyl adjacent to an activating group) is 1. The van der Waals surface area contributed by atoms with Crippen LogP contribution in [0.25, 0.3) is 10.9 Å². The average Bonchev–Trinajstić information content (AvgIpc) is 2.19. The van der Waals surface area contributed by atoms with E-state index in [1.165, 1.54) is 43.2 Å². The lowest BCUT2D eigenvalue weighted by atomic mass is 9.86. The third kappa shape index (κ3) is 19.1. The number of nitrogens with one attached hydrogen (secondary N) is 10. The van der Waals surface area contributed by atoms with Crippen LogP contribution in [0.2, 0.25) is 0 Å². The van der Waals surface area contributed by atoms with Gasteiger partial charge in [0.25, 0.3) is 0 Å². The minimum atomic E-state index is -1.44. The van der Waals surface area contributed by atoms with E-state index in [0.717, 1.165) is 34.2 Å². The fourth-order valence-electron chi connectivity index (χ4n) is 10.2. The van der Waals surface area contributed by atoms with E-state index in [1.54, 1.807) is 57.3 Å². The van der Waals surface area contributed by atoms with Gasteiger partial charge < -0.3 is 73.8 Å². The molecule has 2 fully saturated rings. The molecular weight excluding hydrogens is 1130 g/mol. The summed E-state index contributed by atoms with van der Waals surface area (Å²) in [5, 5.41) is 22.9. The van der Waals surface area contributed by atoms with Crippen LogP contribution >= 0.6 is 11.8 Å². The van der Waals surface area contributed by atoms with Crippen LogP contribution in [0.15, 0.2) is 73.3 Å². The molecule has 2 aliphatic heterocycles. The van der Waals surface area contributed by atoms with Crippen LogP contribution in [-0.2, 0) is 72.0 Å². The van der Waals surface area contributed by atoms with Gasteiger partial charge >= 0.3 is 0 Å². The molecule has 0 spiro atoms. The molecule has 2 aromatic carbocycles. The largest absolute Gasteiger partial charge is 0.370 e. The van der Waals surface area contributed by atoms with Gasteiger partial charge in [0.1, 0.15) is 48.3 Å². The first kappa shape index (κ1) is 66.8. The Bertz CT molecular complexity index is 3040. The number of benzene rings is 2. The lowest BCUT2D eigenvalue weighted by Gasteiger charge is -2.33. The number of hydrogen-bond donors (Lipinski definition) is 12. The third-order valence-corrected chi connectivity index (χ3v) is 16.1. The van der Waals surface area contributed by atoms with Crippen molar-refractivity contribution in [2.75, 3.05) is 31.8 Å². The second-order valence-corrected chi connectivity index (χ2v) is 24.4. The molecule has 0 radical (unpaired) electrons. The second kappa shape index (κ2) is 31.2. The summed E-state index contributed by atoms with van der Waals surface area (Å²) in [4.78, 5) is 164. The van der Waals surface area contributed by atoms with Crippen LogP contribution in [0, 0.1) is 11.3 Å². The molecule has 9 atom stereocenters. The Labute approximate surface area is 504 Å². The maximum atomic E-state index is 14.5. The number of para-hydroxylation sites is 1. The summed E-state index contributed by atoms with van der Waals surface area (Å²) in [6.07, 6.45) is 6.32. The Morgan fingerprint density at radius 2 is 1.41 bits per heavy atom. The first-order valence-electron chi connectivity index (χ1n) is 28.9. The van der Waals surface area contributed by atoms with E-state index in [4.69, 9.17) is 11.5 Å². The minimum Gasteiger partial charge on any atom is -0.370 e. The first-order valence-corrected chi connectivity index (χ1v) is 30.1. The lowest BCUT2D eigenvalue weighted by Crippen LogP contribution is -2.61. The van der Waals surface area contributed by atoms with Crippen LogP contribution in [0.5, 0.6) is 0 Å². The molecule has 0 saturated carbocycles. The number of aromatic nitrogens is 3. The highest BCUT2D eigenvalue weighted by molar-refractivity contribution is 7.99. The zero-order valence-electron chi connectivity index (χ0n) is 49.8. The molecule has 4 heterocycles. The van der Waals surface area contributed by atoms with Gasteiger partial charge in [0.2, 0.25) is 65.0 Å². The van der Waals surface area contributed by atoms with Gasteiger partial charge in [0.05, 0.1) is 24.8 Å². The smallest absolute Gasteiger partial charge is 0.246 e. The number of imidazole rings is 1. The van der Waals surface area contributed by atoms with Crippen molar-refractivity contribution < 1.29 is 52.7 Å². The summed E-state index contributed by atoms with van der Waals surface area (Å²) < 4.78 is 0. The molecule has 0 bridgehead atoms. The number of amides is 11. The van der Waals surface area contributed by atoms with Crippen LogP contribution in [-0.4, -0.2) is 176 Å². The van der Waals surface area contributed by atoms with Crippen molar-refractivity contribution in [3.8, 4) is 0 Å². The Balaban J connectivity index is 1.15. The number of nitrogens with zero attached hydrogens (tertiary/aromatic N) is 3. The number of primary amides is 2. The van der Waals surface area contributed by atoms with Crippen LogP contribution in [0.4, 0.5) is 0 Å². The van der Waals surface area contributed by atoms with E-state index in [0.29, 0.717) is 30.0 Å². The Kier molecular flexibility index (Phi) is 24.2. The van der Waals surface area contributed by atoms with Crippen molar-refractivity contribution in [2.24, 2.45) is 22.8 Å². The molecule has 2 saturated heterocycles. The minimum absolute atomic E-state index is 0.0633. The van der Waals surface area contributed by atoms with Crippen LogP contribution < -0.4 is 54.0 Å². The molecule has 27 heteroatoms. The molecule has 4 aromatic rings. The number of nitrogens with two attached hydrogens (primary N) is 2. The Morgan fingerprint density at radius 1 is 0.744 bits per heavy atom. The summed E-state index contributed by atoms with van der Waals surface area (Å²) in [5.41, 5.74) is 12.7. The number of carbonyl (C=O) groups excluding carboxylic acids is 11. The second-order valence-electron chi connectivity index (χ2n) is 23.4. The van der Waals surface area contributed by atoms with Gasteiger partial charge in [-0.15, -0.1) is 11.8 Å². The molecule has 0 unspecified atom stereocenters. The number of thioether (sulfide) groups is 1. The van der Waals surface area contributed by atoms with Gasteiger partial charge in [-0.3, -0.25) is 52.7 Å². The fraction of sp³-hybridized carbons (Fsp3) is 0.525. The zero-order chi connectivity index (χ0) is 62.8.